The second-order valence-corrected chi connectivity index (χ2v) is 11.1. The fourth-order valence-electron chi connectivity index (χ4n) is 4.49. The zero-order valence-electron chi connectivity index (χ0n) is 18.7. The van der Waals surface area contributed by atoms with Crippen LogP contribution in [0.2, 0.25) is 0 Å². The molecular weight excluding hydrogens is 386 g/mol. The number of benzene rings is 2. The van der Waals surface area contributed by atoms with Crippen LogP contribution in [0.5, 0.6) is 5.75 Å². The van der Waals surface area contributed by atoms with E-state index in [0.717, 1.165) is 27.8 Å². The SMILES string of the molecule is CC(C)(C)c1cc(CSC2CCCCCCC2)c(O)c(-n2ccc3ccccc32)c1. The Kier molecular flexibility index (Phi) is 6.48. The zero-order valence-corrected chi connectivity index (χ0v) is 19.5. The van der Waals surface area contributed by atoms with Crippen molar-refractivity contribution in [1.82, 2.24) is 4.57 Å². The number of aromatic hydroxyl groups is 1. The molecule has 1 aromatic heterocycles. The van der Waals surface area contributed by atoms with Crippen LogP contribution in [-0.4, -0.2) is 14.9 Å². The van der Waals surface area contributed by atoms with Crippen molar-refractivity contribution in [3.05, 3.63) is 59.8 Å². The van der Waals surface area contributed by atoms with Crippen LogP contribution in [0.1, 0.15) is 76.8 Å². The van der Waals surface area contributed by atoms with Crippen LogP contribution in [0, 0.1) is 0 Å². The summed E-state index contributed by atoms with van der Waals surface area (Å²) in [4.78, 5) is 0. The lowest BCUT2D eigenvalue weighted by molar-refractivity contribution is 0.466. The molecule has 2 nitrogen and oxygen atoms in total. The molecule has 0 bridgehead atoms. The Morgan fingerprint density at radius 3 is 2.40 bits per heavy atom. The predicted octanol–water partition coefficient (Wildman–Crippen LogP) is 7.98. The van der Waals surface area contributed by atoms with Gasteiger partial charge in [0.25, 0.3) is 0 Å². The van der Waals surface area contributed by atoms with Crippen LogP contribution in [0.25, 0.3) is 16.6 Å². The summed E-state index contributed by atoms with van der Waals surface area (Å²) < 4.78 is 2.14. The van der Waals surface area contributed by atoms with Crippen LogP contribution in [0.15, 0.2) is 48.7 Å². The van der Waals surface area contributed by atoms with Gasteiger partial charge in [-0.1, -0.05) is 77.1 Å². The van der Waals surface area contributed by atoms with Crippen molar-refractivity contribution in [3.8, 4) is 11.4 Å². The van der Waals surface area contributed by atoms with Gasteiger partial charge in [-0.05, 0) is 47.4 Å². The molecule has 3 heteroatoms. The lowest BCUT2D eigenvalue weighted by atomic mass is 9.85. The average Bonchev–Trinajstić information content (AvgIpc) is 3.11. The van der Waals surface area contributed by atoms with Gasteiger partial charge in [0, 0.05) is 22.8 Å². The highest BCUT2D eigenvalue weighted by Gasteiger charge is 2.21. The third kappa shape index (κ3) is 4.72. The van der Waals surface area contributed by atoms with Crippen molar-refractivity contribution >= 4 is 22.7 Å². The minimum Gasteiger partial charge on any atom is -0.505 e. The standard InChI is InChI=1S/C27H35NOS/c1-27(2,3)22-17-21(19-30-23-12-7-5-4-6-8-13-23)26(29)25(18-22)28-16-15-20-11-9-10-14-24(20)28/h9-11,14-18,23,29H,4-8,12-13,19H2,1-3H3. The van der Waals surface area contributed by atoms with Crippen LogP contribution in [0.3, 0.4) is 0 Å². The Morgan fingerprint density at radius 1 is 0.967 bits per heavy atom. The molecule has 1 saturated carbocycles. The zero-order chi connectivity index (χ0) is 21.1. The normalized spacial score (nSPS) is 16.5. The van der Waals surface area contributed by atoms with Gasteiger partial charge in [-0.15, -0.1) is 0 Å². The summed E-state index contributed by atoms with van der Waals surface area (Å²) in [6, 6.07) is 14.9. The van der Waals surface area contributed by atoms with E-state index in [4.69, 9.17) is 0 Å². The highest BCUT2D eigenvalue weighted by atomic mass is 32.2. The van der Waals surface area contributed by atoms with E-state index in [9.17, 15) is 5.11 Å². The van der Waals surface area contributed by atoms with Gasteiger partial charge in [0.15, 0.2) is 0 Å². The number of nitrogens with zero attached hydrogens (tertiary/aromatic N) is 1. The summed E-state index contributed by atoms with van der Waals surface area (Å²) >= 11 is 2.05. The summed E-state index contributed by atoms with van der Waals surface area (Å²) in [6.07, 6.45) is 11.6. The fourth-order valence-corrected chi connectivity index (χ4v) is 5.79. The summed E-state index contributed by atoms with van der Waals surface area (Å²) in [5, 5.41) is 13.2. The molecule has 1 fully saturated rings. The minimum absolute atomic E-state index is 0.0328. The molecule has 0 atom stereocenters. The second kappa shape index (κ2) is 9.09. The first-order valence-corrected chi connectivity index (χ1v) is 12.5. The highest BCUT2D eigenvalue weighted by Crippen LogP contribution is 2.38. The molecule has 0 spiro atoms. The smallest absolute Gasteiger partial charge is 0.143 e. The van der Waals surface area contributed by atoms with Gasteiger partial charge in [-0.3, -0.25) is 0 Å². The molecular formula is C27H35NOS. The Bertz CT molecular complexity index is 990. The molecule has 0 radical (unpaired) electrons. The van der Waals surface area contributed by atoms with E-state index >= 15 is 0 Å². The lowest BCUT2D eigenvalue weighted by Crippen LogP contribution is -2.13. The number of phenolic OH excluding ortho intramolecular Hbond substituents is 1. The van der Waals surface area contributed by atoms with E-state index in [0.29, 0.717) is 5.75 Å². The third-order valence-electron chi connectivity index (χ3n) is 6.42. The topological polar surface area (TPSA) is 25.2 Å². The molecule has 1 aliphatic rings. The van der Waals surface area contributed by atoms with Gasteiger partial charge >= 0.3 is 0 Å². The second-order valence-electron chi connectivity index (χ2n) is 9.78. The Hall–Kier alpha value is -1.87. The van der Waals surface area contributed by atoms with Crippen molar-refractivity contribution < 1.29 is 5.11 Å². The molecule has 3 aromatic rings. The molecule has 1 N–H and O–H groups in total. The van der Waals surface area contributed by atoms with Crippen LogP contribution in [0.4, 0.5) is 0 Å². The third-order valence-corrected chi connectivity index (χ3v) is 7.84. The van der Waals surface area contributed by atoms with Crippen LogP contribution >= 0.6 is 11.8 Å². The summed E-state index contributed by atoms with van der Waals surface area (Å²) in [7, 11) is 0. The van der Waals surface area contributed by atoms with Crippen LogP contribution < -0.4 is 0 Å². The van der Waals surface area contributed by atoms with E-state index in [1.54, 1.807) is 0 Å². The van der Waals surface area contributed by atoms with E-state index < -0.39 is 0 Å². The Balaban J connectivity index is 1.68. The molecule has 0 amide bonds. The lowest BCUT2D eigenvalue weighted by Gasteiger charge is -2.24. The van der Waals surface area contributed by atoms with Crippen molar-refractivity contribution in [2.24, 2.45) is 0 Å². The van der Waals surface area contributed by atoms with Gasteiger partial charge < -0.3 is 9.67 Å². The van der Waals surface area contributed by atoms with Crippen molar-refractivity contribution in [2.45, 2.75) is 82.1 Å². The predicted molar refractivity (Wildman–Crippen MR) is 131 cm³/mol. The van der Waals surface area contributed by atoms with Gasteiger partial charge in [-0.25, -0.2) is 0 Å². The van der Waals surface area contributed by atoms with E-state index in [1.165, 1.54) is 55.9 Å². The average molecular weight is 422 g/mol. The number of rotatable bonds is 4. The molecule has 30 heavy (non-hydrogen) atoms. The first kappa shape index (κ1) is 21.4. The number of hydrogen-bond donors (Lipinski definition) is 1. The van der Waals surface area contributed by atoms with E-state index in [-0.39, 0.29) is 5.41 Å². The highest BCUT2D eigenvalue weighted by molar-refractivity contribution is 7.99. The number of aromatic nitrogens is 1. The molecule has 1 aliphatic carbocycles. The van der Waals surface area contributed by atoms with Gasteiger partial charge in [-0.2, -0.15) is 11.8 Å². The maximum Gasteiger partial charge on any atom is 0.143 e. The molecule has 0 saturated heterocycles. The van der Waals surface area contributed by atoms with Gasteiger partial charge in [0.2, 0.25) is 0 Å². The van der Waals surface area contributed by atoms with Gasteiger partial charge in [0.1, 0.15) is 5.75 Å². The number of para-hydroxylation sites is 1. The minimum atomic E-state index is 0.0328. The number of thioether (sulfide) groups is 1. The molecule has 1 heterocycles. The number of fused-ring (bicyclic) bond motifs is 1. The Morgan fingerprint density at radius 2 is 1.67 bits per heavy atom. The fraction of sp³-hybridized carbons (Fsp3) is 0.481. The molecule has 160 valence electrons. The molecule has 0 unspecified atom stereocenters. The molecule has 0 aliphatic heterocycles. The molecule has 4 rings (SSSR count). The quantitative estimate of drug-likeness (QED) is 0.462. The van der Waals surface area contributed by atoms with Crippen molar-refractivity contribution in [2.75, 3.05) is 0 Å². The largest absolute Gasteiger partial charge is 0.505 e. The molecule has 2 aromatic carbocycles. The monoisotopic (exact) mass is 421 g/mol. The maximum absolute atomic E-state index is 11.3. The van der Waals surface area contributed by atoms with Crippen molar-refractivity contribution in [1.29, 1.82) is 0 Å². The maximum atomic E-state index is 11.3. The van der Waals surface area contributed by atoms with Gasteiger partial charge in [0.05, 0.1) is 11.2 Å². The van der Waals surface area contributed by atoms with Crippen LogP contribution in [-0.2, 0) is 11.2 Å². The first-order valence-electron chi connectivity index (χ1n) is 11.5. The summed E-state index contributed by atoms with van der Waals surface area (Å²) in [6.45, 7) is 6.76. The summed E-state index contributed by atoms with van der Waals surface area (Å²) in [5.74, 6) is 1.31. The first-order chi connectivity index (χ1) is 14.4. The number of hydrogen-bond acceptors (Lipinski definition) is 2. The van der Waals surface area contributed by atoms with Crippen molar-refractivity contribution in [3.63, 3.8) is 0 Å². The summed E-state index contributed by atoms with van der Waals surface area (Å²) in [5.41, 5.74) is 4.42. The Labute approximate surface area is 185 Å². The number of phenols is 1. The van der Waals surface area contributed by atoms with E-state index in [2.05, 4.69) is 74.0 Å². The van der Waals surface area contributed by atoms with E-state index in [1.807, 2.05) is 11.8 Å².